The maximum absolute atomic E-state index is 13.3. The Kier molecular flexibility index (Phi) is 8.64. The van der Waals surface area contributed by atoms with Crippen LogP contribution in [0.15, 0.2) is 41.3 Å². The predicted octanol–water partition coefficient (Wildman–Crippen LogP) is 6.49. The number of thiazole rings is 1. The number of aryl methyl sites for hydroxylation is 2. The molecule has 0 aliphatic heterocycles. The molecule has 1 aliphatic rings. The number of nitrogens with zero attached hydrogens (tertiary/aromatic N) is 1. The lowest BCUT2D eigenvalue weighted by atomic mass is 9.87. The van der Waals surface area contributed by atoms with Crippen LogP contribution in [-0.2, 0) is 15.8 Å². The number of carbonyl (C=O) groups excluding carboxylic acids is 1. The van der Waals surface area contributed by atoms with Crippen LogP contribution in [0.3, 0.4) is 0 Å². The summed E-state index contributed by atoms with van der Waals surface area (Å²) >= 11 is 1.43. The first-order chi connectivity index (χ1) is 17.4. The fourth-order valence-corrected chi connectivity index (χ4v) is 6.62. The number of carbonyl (C=O) groups is 1. The quantitative estimate of drug-likeness (QED) is 0.332. The zero-order valence-corrected chi connectivity index (χ0v) is 22.8. The molecule has 0 bridgehead atoms. The number of methoxy groups -OCH3 is 2. The predicted molar refractivity (Wildman–Crippen MR) is 146 cm³/mol. The van der Waals surface area contributed by atoms with Gasteiger partial charge in [0.1, 0.15) is 16.4 Å². The Morgan fingerprint density at radius 3 is 2.56 bits per heavy atom. The molecule has 4 rings (SSSR count). The van der Waals surface area contributed by atoms with Gasteiger partial charge in [-0.2, -0.15) is 0 Å². The van der Waals surface area contributed by atoms with Gasteiger partial charge in [0.25, 0.3) is 0 Å². The first-order valence-corrected chi connectivity index (χ1v) is 14.1. The van der Waals surface area contributed by atoms with Crippen LogP contribution in [0.5, 0.6) is 11.5 Å². The number of benzene rings is 2. The third-order valence-electron chi connectivity index (χ3n) is 6.50. The molecule has 1 atom stereocenters. The molecular formula is C27H33N3O4S2. The molecule has 1 heterocycles. The van der Waals surface area contributed by atoms with Gasteiger partial charge < -0.3 is 19.5 Å². The molecule has 9 heteroatoms. The monoisotopic (exact) mass is 527 g/mol. The zero-order valence-electron chi connectivity index (χ0n) is 21.2. The molecule has 0 saturated heterocycles. The van der Waals surface area contributed by atoms with Gasteiger partial charge >= 0.3 is 0 Å². The Morgan fingerprint density at radius 1 is 1.08 bits per heavy atom. The highest BCUT2D eigenvalue weighted by Crippen LogP contribution is 2.37. The lowest BCUT2D eigenvalue weighted by molar-refractivity contribution is -0.117. The molecular weight excluding hydrogens is 494 g/mol. The van der Waals surface area contributed by atoms with Crippen molar-refractivity contribution in [2.75, 3.05) is 24.3 Å². The molecule has 1 fully saturated rings. The van der Waals surface area contributed by atoms with Crippen LogP contribution in [0.25, 0.3) is 10.4 Å². The highest BCUT2D eigenvalue weighted by molar-refractivity contribution is 7.86. The van der Waals surface area contributed by atoms with Crippen molar-refractivity contribution in [1.82, 2.24) is 4.98 Å². The van der Waals surface area contributed by atoms with Gasteiger partial charge in [0.05, 0.1) is 24.8 Å². The molecule has 3 aromatic rings. The Hall–Kier alpha value is -2.91. The van der Waals surface area contributed by atoms with Gasteiger partial charge in [0.15, 0.2) is 16.1 Å². The van der Waals surface area contributed by atoms with Gasteiger partial charge in [-0.3, -0.25) is 4.79 Å². The average molecular weight is 528 g/mol. The largest absolute Gasteiger partial charge is 0.497 e. The number of hydrogen-bond donors (Lipinski definition) is 2. The number of hydrogen-bond acceptors (Lipinski definition) is 6. The second-order valence-corrected chi connectivity index (χ2v) is 11.3. The summed E-state index contributed by atoms with van der Waals surface area (Å²) in [5.74, 6) is 1.77. The van der Waals surface area contributed by atoms with E-state index in [4.69, 9.17) is 9.47 Å². The van der Waals surface area contributed by atoms with Crippen molar-refractivity contribution in [3.8, 4) is 21.9 Å². The average Bonchev–Trinajstić information content (AvgIpc) is 3.24. The Balaban J connectivity index is 1.52. The maximum Gasteiger partial charge on any atom is 0.226 e. The van der Waals surface area contributed by atoms with Gasteiger partial charge in [0.2, 0.25) is 5.91 Å². The van der Waals surface area contributed by atoms with E-state index in [1.165, 1.54) is 30.6 Å². The molecule has 1 aliphatic carbocycles. The summed E-state index contributed by atoms with van der Waals surface area (Å²) in [5.41, 5.74) is 3.35. The van der Waals surface area contributed by atoms with E-state index in [1.807, 2.05) is 50.2 Å². The second kappa shape index (κ2) is 11.9. The van der Waals surface area contributed by atoms with Crippen molar-refractivity contribution in [2.45, 2.75) is 57.3 Å². The Labute approximate surface area is 219 Å². The third kappa shape index (κ3) is 6.25. The molecule has 1 unspecified atom stereocenters. The van der Waals surface area contributed by atoms with Crippen LogP contribution in [-0.4, -0.2) is 29.3 Å². The normalized spacial score (nSPS) is 14.8. The summed E-state index contributed by atoms with van der Waals surface area (Å²) in [6.07, 6.45) is 6.52. The van der Waals surface area contributed by atoms with E-state index in [2.05, 4.69) is 15.0 Å². The smallest absolute Gasteiger partial charge is 0.226 e. The highest BCUT2D eigenvalue weighted by Gasteiger charge is 2.20. The van der Waals surface area contributed by atoms with Crippen molar-refractivity contribution >= 4 is 39.0 Å². The Bertz CT molecular complexity index is 1250. The van der Waals surface area contributed by atoms with Crippen molar-refractivity contribution in [2.24, 2.45) is 5.92 Å². The zero-order chi connectivity index (χ0) is 25.7. The summed E-state index contributed by atoms with van der Waals surface area (Å²) < 4.78 is 27.2. The van der Waals surface area contributed by atoms with Crippen molar-refractivity contribution in [3.63, 3.8) is 0 Å². The van der Waals surface area contributed by atoms with E-state index in [1.54, 1.807) is 14.2 Å². The van der Waals surface area contributed by atoms with E-state index in [0.29, 0.717) is 28.1 Å². The van der Waals surface area contributed by atoms with Gasteiger partial charge in [-0.1, -0.05) is 30.6 Å². The number of ether oxygens (including phenoxy) is 2. The minimum absolute atomic E-state index is 0.0257. The van der Waals surface area contributed by atoms with Crippen LogP contribution in [0.4, 0.5) is 10.8 Å². The van der Waals surface area contributed by atoms with Gasteiger partial charge in [-0.15, -0.1) is 0 Å². The number of nitrogens with one attached hydrogen (secondary N) is 2. The molecule has 1 saturated carbocycles. The van der Waals surface area contributed by atoms with E-state index in [0.717, 1.165) is 46.0 Å². The summed E-state index contributed by atoms with van der Waals surface area (Å²) in [7, 11) is 1.61. The van der Waals surface area contributed by atoms with Crippen LogP contribution >= 0.6 is 11.3 Å². The first-order valence-electron chi connectivity index (χ1n) is 12.2. The van der Waals surface area contributed by atoms with Crippen LogP contribution < -0.4 is 19.5 Å². The molecule has 0 spiro atoms. The number of rotatable bonds is 9. The lowest BCUT2D eigenvalue weighted by Crippen LogP contribution is -2.18. The summed E-state index contributed by atoms with van der Waals surface area (Å²) in [5, 5.41) is 3.58. The lowest BCUT2D eigenvalue weighted by Gasteiger charge is -2.20. The summed E-state index contributed by atoms with van der Waals surface area (Å²) in [6, 6.07) is 11.1. The molecule has 0 radical (unpaired) electrons. The van der Waals surface area contributed by atoms with Crippen LogP contribution in [0.1, 0.15) is 49.8 Å². The molecule has 1 amide bonds. The minimum atomic E-state index is -1.56. The van der Waals surface area contributed by atoms with Crippen molar-refractivity contribution in [1.29, 1.82) is 0 Å². The summed E-state index contributed by atoms with van der Waals surface area (Å²) in [6.45, 7) is 3.85. The van der Waals surface area contributed by atoms with Crippen molar-refractivity contribution in [3.05, 3.63) is 47.7 Å². The second-order valence-electron chi connectivity index (χ2n) is 9.11. The minimum Gasteiger partial charge on any atom is -0.497 e. The molecule has 36 heavy (non-hydrogen) atoms. The molecule has 1 aromatic heterocycles. The van der Waals surface area contributed by atoms with E-state index >= 15 is 0 Å². The van der Waals surface area contributed by atoms with Crippen LogP contribution in [0, 0.1) is 19.8 Å². The SMILES string of the molecule is COc1ccc(NS(=O)c2cc(-c3sc(NC(=O)CC4CCCCC4)nc3C)ccc2OC)c(C)c1. The van der Waals surface area contributed by atoms with Crippen molar-refractivity contribution < 1.29 is 18.5 Å². The molecule has 7 nitrogen and oxygen atoms in total. The topological polar surface area (TPSA) is 89.6 Å². The van der Waals surface area contributed by atoms with E-state index in [-0.39, 0.29) is 5.91 Å². The Morgan fingerprint density at radius 2 is 1.86 bits per heavy atom. The molecule has 2 aromatic carbocycles. The van der Waals surface area contributed by atoms with Gasteiger partial charge in [-0.05, 0) is 80.1 Å². The number of anilines is 2. The van der Waals surface area contributed by atoms with Crippen LogP contribution in [0.2, 0.25) is 0 Å². The standard InChI is InChI=1S/C27H33N3O4S2/c1-17-14-21(33-3)11-12-22(17)30-36(32)24-16-20(10-13-23(24)34-4)26-18(2)28-27(35-26)29-25(31)15-19-8-6-5-7-9-19/h10-14,16,19,30H,5-9,15H2,1-4H3,(H,28,29,31). The first kappa shape index (κ1) is 26.2. The summed E-state index contributed by atoms with van der Waals surface area (Å²) in [4.78, 5) is 18.6. The molecule has 2 N–H and O–H groups in total. The van der Waals surface area contributed by atoms with Gasteiger partial charge in [-0.25, -0.2) is 9.19 Å². The third-order valence-corrected chi connectivity index (χ3v) is 8.75. The molecule has 192 valence electrons. The number of amides is 1. The fourth-order valence-electron chi connectivity index (χ4n) is 4.54. The number of aromatic nitrogens is 1. The maximum atomic E-state index is 13.3. The van der Waals surface area contributed by atoms with Gasteiger partial charge in [0, 0.05) is 12.1 Å². The fraction of sp³-hybridized carbons (Fsp3) is 0.407. The highest BCUT2D eigenvalue weighted by atomic mass is 32.2. The van der Waals surface area contributed by atoms with E-state index in [9.17, 15) is 9.00 Å². The van der Waals surface area contributed by atoms with E-state index < -0.39 is 11.0 Å².